The lowest BCUT2D eigenvalue weighted by Gasteiger charge is -2.25. The number of non-ortho nitro benzene ring substituents is 1. The van der Waals surface area contributed by atoms with E-state index in [9.17, 15) is 19.7 Å². The first-order chi connectivity index (χ1) is 13.2. The summed E-state index contributed by atoms with van der Waals surface area (Å²) in [6, 6.07) is 4.77. The van der Waals surface area contributed by atoms with E-state index in [1.807, 2.05) is 25.9 Å². The van der Waals surface area contributed by atoms with Crippen molar-refractivity contribution in [1.82, 2.24) is 10.2 Å². The van der Waals surface area contributed by atoms with Gasteiger partial charge in [0.05, 0.1) is 23.5 Å². The SMILES string of the molecule is CCOCOC[C@H](C[C@H](CN(C)C)C(N)=O)NC(=O)c1ccc([N+](=O)[O-])cc1. The van der Waals surface area contributed by atoms with Gasteiger partial charge in [0.1, 0.15) is 6.79 Å². The van der Waals surface area contributed by atoms with Crippen molar-refractivity contribution in [3.05, 3.63) is 39.9 Å². The van der Waals surface area contributed by atoms with Crippen LogP contribution in [0.2, 0.25) is 0 Å². The average molecular weight is 396 g/mol. The number of rotatable bonds is 13. The van der Waals surface area contributed by atoms with Gasteiger partial charge in [0.2, 0.25) is 5.91 Å². The highest BCUT2D eigenvalue weighted by atomic mass is 16.7. The Morgan fingerprint density at radius 3 is 2.39 bits per heavy atom. The van der Waals surface area contributed by atoms with Crippen molar-refractivity contribution in [2.24, 2.45) is 11.7 Å². The molecule has 0 spiro atoms. The Hall–Kier alpha value is -2.56. The Balaban J connectivity index is 2.82. The summed E-state index contributed by atoms with van der Waals surface area (Å²) in [5.41, 5.74) is 5.65. The summed E-state index contributed by atoms with van der Waals surface area (Å²) < 4.78 is 10.5. The summed E-state index contributed by atoms with van der Waals surface area (Å²) in [7, 11) is 3.65. The second kappa shape index (κ2) is 12.0. The molecule has 1 rings (SSSR count). The Bertz CT molecular complexity index is 650. The van der Waals surface area contributed by atoms with Crippen LogP contribution in [-0.2, 0) is 14.3 Å². The molecule has 0 radical (unpaired) electrons. The van der Waals surface area contributed by atoms with Gasteiger partial charge in [-0.2, -0.15) is 0 Å². The van der Waals surface area contributed by atoms with Gasteiger partial charge in [-0.25, -0.2) is 0 Å². The molecule has 28 heavy (non-hydrogen) atoms. The third-order valence-electron chi connectivity index (χ3n) is 3.92. The number of carbonyl (C=O) groups is 2. The van der Waals surface area contributed by atoms with Crippen molar-refractivity contribution < 1.29 is 24.0 Å². The van der Waals surface area contributed by atoms with E-state index in [1.165, 1.54) is 24.3 Å². The molecule has 1 aromatic carbocycles. The van der Waals surface area contributed by atoms with Crippen LogP contribution in [0.3, 0.4) is 0 Å². The van der Waals surface area contributed by atoms with Gasteiger partial charge < -0.3 is 25.4 Å². The highest BCUT2D eigenvalue weighted by Gasteiger charge is 2.24. The molecule has 0 saturated carbocycles. The summed E-state index contributed by atoms with van der Waals surface area (Å²) >= 11 is 0. The zero-order chi connectivity index (χ0) is 21.1. The summed E-state index contributed by atoms with van der Waals surface area (Å²) in [5.74, 6) is -1.37. The van der Waals surface area contributed by atoms with Gasteiger partial charge in [0.25, 0.3) is 11.6 Å². The molecular weight excluding hydrogens is 368 g/mol. The maximum absolute atomic E-state index is 12.5. The zero-order valence-electron chi connectivity index (χ0n) is 16.4. The number of nitro groups is 1. The number of benzene rings is 1. The molecule has 0 aromatic heterocycles. The quantitative estimate of drug-likeness (QED) is 0.217. The van der Waals surface area contributed by atoms with Crippen molar-refractivity contribution >= 4 is 17.5 Å². The summed E-state index contributed by atoms with van der Waals surface area (Å²) in [5, 5.41) is 13.5. The number of hydrogen-bond donors (Lipinski definition) is 2. The smallest absolute Gasteiger partial charge is 0.269 e. The normalized spacial score (nSPS) is 13.1. The highest BCUT2D eigenvalue weighted by molar-refractivity contribution is 5.94. The Morgan fingerprint density at radius 2 is 1.89 bits per heavy atom. The van der Waals surface area contributed by atoms with Crippen molar-refractivity contribution in [2.45, 2.75) is 19.4 Å². The van der Waals surface area contributed by atoms with E-state index in [1.54, 1.807) is 0 Å². The molecule has 3 N–H and O–H groups in total. The molecule has 0 saturated heterocycles. The van der Waals surface area contributed by atoms with E-state index in [-0.39, 0.29) is 24.7 Å². The van der Waals surface area contributed by atoms with E-state index in [4.69, 9.17) is 15.2 Å². The monoisotopic (exact) mass is 396 g/mol. The number of nitrogens with one attached hydrogen (secondary N) is 1. The molecule has 0 aliphatic heterocycles. The lowest BCUT2D eigenvalue weighted by atomic mass is 9.98. The Labute approximate surface area is 164 Å². The molecule has 0 unspecified atom stereocenters. The molecule has 0 bridgehead atoms. The third kappa shape index (κ3) is 8.42. The number of ether oxygens (including phenoxy) is 2. The molecule has 156 valence electrons. The fourth-order valence-electron chi connectivity index (χ4n) is 2.57. The topological polar surface area (TPSA) is 137 Å². The fourth-order valence-corrected chi connectivity index (χ4v) is 2.57. The van der Waals surface area contributed by atoms with Gasteiger partial charge in [-0.15, -0.1) is 0 Å². The second-order valence-electron chi connectivity index (χ2n) is 6.55. The number of amides is 2. The minimum absolute atomic E-state index is 0.0648. The molecular formula is C18H28N4O6. The largest absolute Gasteiger partial charge is 0.369 e. The van der Waals surface area contributed by atoms with Crippen LogP contribution in [0.15, 0.2) is 24.3 Å². The van der Waals surface area contributed by atoms with Crippen LogP contribution >= 0.6 is 0 Å². The fraction of sp³-hybridized carbons (Fsp3) is 0.556. The number of nitrogens with zero attached hydrogens (tertiary/aromatic N) is 2. The number of hydrogen-bond acceptors (Lipinski definition) is 7. The maximum atomic E-state index is 12.5. The average Bonchev–Trinajstić information content (AvgIpc) is 2.64. The van der Waals surface area contributed by atoms with E-state index in [0.717, 1.165) is 0 Å². The molecule has 1 aromatic rings. The molecule has 0 aliphatic rings. The van der Waals surface area contributed by atoms with Crippen molar-refractivity contribution in [3.63, 3.8) is 0 Å². The summed E-state index contributed by atoms with van der Waals surface area (Å²) in [4.78, 5) is 36.3. The Kier molecular flexibility index (Phi) is 10.1. The predicted molar refractivity (Wildman–Crippen MR) is 103 cm³/mol. The highest BCUT2D eigenvalue weighted by Crippen LogP contribution is 2.13. The van der Waals surface area contributed by atoms with Crippen LogP contribution in [0.1, 0.15) is 23.7 Å². The van der Waals surface area contributed by atoms with Crippen molar-refractivity contribution in [1.29, 1.82) is 0 Å². The molecule has 0 fully saturated rings. The predicted octanol–water partition coefficient (Wildman–Crippen LogP) is 0.757. The van der Waals surface area contributed by atoms with Crippen LogP contribution in [0, 0.1) is 16.0 Å². The van der Waals surface area contributed by atoms with Crippen LogP contribution < -0.4 is 11.1 Å². The van der Waals surface area contributed by atoms with E-state index < -0.39 is 28.7 Å². The lowest BCUT2D eigenvalue weighted by Crippen LogP contribution is -2.43. The second-order valence-corrected chi connectivity index (χ2v) is 6.55. The lowest BCUT2D eigenvalue weighted by molar-refractivity contribution is -0.384. The van der Waals surface area contributed by atoms with Gasteiger partial charge in [0, 0.05) is 30.8 Å². The van der Waals surface area contributed by atoms with Crippen molar-refractivity contribution in [2.75, 3.05) is 40.6 Å². The van der Waals surface area contributed by atoms with Gasteiger partial charge in [-0.05, 0) is 39.6 Å². The number of nitrogens with two attached hydrogens (primary N) is 1. The van der Waals surface area contributed by atoms with Gasteiger partial charge in [-0.3, -0.25) is 19.7 Å². The van der Waals surface area contributed by atoms with Crippen LogP contribution in [0.25, 0.3) is 0 Å². The van der Waals surface area contributed by atoms with Gasteiger partial charge in [-0.1, -0.05) is 0 Å². The van der Waals surface area contributed by atoms with E-state index >= 15 is 0 Å². The molecule has 2 amide bonds. The zero-order valence-corrected chi connectivity index (χ0v) is 16.4. The summed E-state index contributed by atoms with van der Waals surface area (Å²) in [6.07, 6.45) is 0.290. The van der Waals surface area contributed by atoms with Gasteiger partial charge >= 0.3 is 0 Å². The first-order valence-electron chi connectivity index (χ1n) is 8.89. The van der Waals surface area contributed by atoms with E-state index in [0.29, 0.717) is 19.6 Å². The van der Waals surface area contributed by atoms with Crippen LogP contribution in [0.5, 0.6) is 0 Å². The van der Waals surface area contributed by atoms with E-state index in [2.05, 4.69) is 5.32 Å². The number of primary amides is 1. The molecule has 10 heteroatoms. The number of carbonyl (C=O) groups excluding carboxylic acids is 2. The molecule has 2 atom stereocenters. The van der Waals surface area contributed by atoms with Crippen LogP contribution in [0.4, 0.5) is 5.69 Å². The molecule has 0 heterocycles. The van der Waals surface area contributed by atoms with Crippen LogP contribution in [-0.4, -0.2) is 68.3 Å². The molecule has 10 nitrogen and oxygen atoms in total. The van der Waals surface area contributed by atoms with Gasteiger partial charge in [0.15, 0.2) is 0 Å². The minimum atomic E-state index is -0.537. The minimum Gasteiger partial charge on any atom is -0.369 e. The molecule has 0 aliphatic carbocycles. The standard InChI is InChI=1S/C18H28N4O6/c1-4-27-12-28-11-15(9-14(17(19)23)10-21(2)3)20-18(24)13-5-7-16(8-6-13)22(25)26/h5-8,14-15H,4,9-12H2,1-3H3,(H2,19,23)(H,20,24)/t14-,15+/m1/s1. The Morgan fingerprint density at radius 1 is 1.25 bits per heavy atom. The summed E-state index contributed by atoms with van der Waals surface area (Å²) in [6.45, 7) is 2.96. The first kappa shape index (κ1) is 23.5. The first-order valence-corrected chi connectivity index (χ1v) is 8.89. The maximum Gasteiger partial charge on any atom is 0.269 e. The van der Waals surface area contributed by atoms with Crippen molar-refractivity contribution in [3.8, 4) is 0 Å². The number of nitro benzene ring substituents is 1. The third-order valence-corrected chi connectivity index (χ3v) is 3.92.